The highest BCUT2D eigenvalue weighted by molar-refractivity contribution is 7.93. The largest absolute Gasteiger partial charge is 0.461 e. The van der Waals surface area contributed by atoms with Crippen molar-refractivity contribution >= 4 is 38.3 Å². The highest BCUT2D eigenvalue weighted by Gasteiger charge is 2.33. The lowest BCUT2D eigenvalue weighted by Gasteiger charge is -2.23. The van der Waals surface area contributed by atoms with E-state index >= 15 is 0 Å². The third-order valence-corrected chi connectivity index (χ3v) is 8.28. The van der Waals surface area contributed by atoms with E-state index in [2.05, 4.69) is 0 Å². The van der Waals surface area contributed by atoms with Crippen molar-refractivity contribution < 1.29 is 22.6 Å². The summed E-state index contributed by atoms with van der Waals surface area (Å²) in [5, 5.41) is 11.8. The first-order chi connectivity index (χ1) is 17.3. The van der Waals surface area contributed by atoms with Crippen molar-refractivity contribution in [2.45, 2.75) is 43.9 Å². The number of amides is 1. The van der Waals surface area contributed by atoms with Crippen molar-refractivity contribution in [2.75, 3.05) is 4.31 Å². The number of hydrogen-bond donors (Lipinski definition) is 0. The van der Waals surface area contributed by atoms with E-state index in [0.29, 0.717) is 5.58 Å². The molecule has 0 bridgehead atoms. The zero-order valence-electron chi connectivity index (χ0n) is 19.6. The number of hydrogen-bond acceptors (Lipinski definition) is 6. The minimum Gasteiger partial charge on any atom is -0.461 e. The number of nitrogens with zero attached hydrogens (tertiary/aromatic N) is 2. The van der Waals surface area contributed by atoms with E-state index in [1.54, 1.807) is 30.3 Å². The smallest absolute Gasteiger partial charge is 0.272 e. The van der Waals surface area contributed by atoms with Gasteiger partial charge in [0, 0.05) is 35.1 Å². The number of furan rings is 1. The van der Waals surface area contributed by atoms with Crippen LogP contribution in [0.4, 0.5) is 11.4 Å². The van der Waals surface area contributed by atoms with Gasteiger partial charge in [-0.3, -0.25) is 14.9 Å². The molecule has 1 aromatic heterocycles. The summed E-state index contributed by atoms with van der Waals surface area (Å²) >= 11 is 0. The molecule has 0 saturated carbocycles. The summed E-state index contributed by atoms with van der Waals surface area (Å²) < 4.78 is 34.5. The fraction of sp³-hybridized carbons (Fsp3) is 0.222. The fourth-order valence-corrected chi connectivity index (χ4v) is 5.99. The molecule has 8 nitrogen and oxygen atoms in total. The highest BCUT2D eigenvalue weighted by Crippen LogP contribution is 2.36. The number of aryl methyl sites for hydroxylation is 3. The molecule has 4 aromatic rings. The van der Waals surface area contributed by atoms with Gasteiger partial charge in [0.1, 0.15) is 11.3 Å². The maximum absolute atomic E-state index is 13.9. The Labute approximate surface area is 208 Å². The first-order valence-electron chi connectivity index (χ1n) is 11.8. The van der Waals surface area contributed by atoms with Crippen LogP contribution in [0.25, 0.3) is 11.0 Å². The van der Waals surface area contributed by atoms with Crippen molar-refractivity contribution in [3.05, 3.63) is 99.3 Å². The van der Waals surface area contributed by atoms with Gasteiger partial charge >= 0.3 is 0 Å². The molecular formula is C27H24N2O6S. The third-order valence-electron chi connectivity index (χ3n) is 6.55. The van der Waals surface area contributed by atoms with Gasteiger partial charge < -0.3 is 4.42 Å². The van der Waals surface area contributed by atoms with Gasteiger partial charge in [-0.1, -0.05) is 19.1 Å². The Morgan fingerprint density at radius 2 is 1.69 bits per heavy atom. The molecular weight excluding hydrogens is 480 g/mol. The Bertz CT molecular complexity index is 1570. The van der Waals surface area contributed by atoms with Crippen LogP contribution >= 0.6 is 0 Å². The van der Waals surface area contributed by atoms with Crippen LogP contribution in [0.1, 0.15) is 47.0 Å². The molecule has 0 atom stereocenters. The molecule has 1 heterocycles. The van der Waals surface area contributed by atoms with Crippen molar-refractivity contribution in [1.29, 1.82) is 0 Å². The summed E-state index contributed by atoms with van der Waals surface area (Å²) in [5.41, 5.74) is 2.67. The zero-order chi connectivity index (χ0) is 25.4. The maximum atomic E-state index is 13.9. The van der Waals surface area contributed by atoms with Crippen molar-refractivity contribution in [3.8, 4) is 0 Å². The number of fused-ring (bicyclic) bond motifs is 3. The van der Waals surface area contributed by atoms with Gasteiger partial charge in [-0.05, 0) is 73.7 Å². The number of non-ortho nitro benzene ring substituents is 1. The number of nitro benzene ring substituents is 1. The molecule has 1 aliphatic carbocycles. The second-order valence-electron chi connectivity index (χ2n) is 8.77. The molecule has 0 fully saturated rings. The summed E-state index contributed by atoms with van der Waals surface area (Å²) in [6.07, 6.45) is 4.44. The summed E-state index contributed by atoms with van der Waals surface area (Å²) in [5.74, 6) is 0.0980. The number of carbonyl (C=O) groups excluding carboxylic acids is 1. The molecule has 184 valence electrons. The molecule has 0 N–H and O–H groups in total. The number of benzene rings is 3. The summed E-state index contributed by atoms with van der Waals surface area (Å²) in [4.78, 5) is 24.1. The first kappa shape index (κ1) is 23.7. The lowest BCUT2D eigenvalue weighted by atomic mass is 9.96. The Hall–Kier alpha value is -3.98. The van der Waals surface area contributed by atoms with Crippen molar-refractivity contribution in [3.63, 3.8) is 0 Å². The fourth-order valence-electron chi connectivity index (χ4n) is 4.59. The molecule has 1 amide bonds. The predicted molar refractivity (Wildman–Crippen MR) is 136 cm³/mol. The number of carbonyl (C=O) groups is 1. The molecule has 0 spiro atoms. The lowest BCUT2D eigenvalue weighted by molar-refractivity contribution is -0.384. The van der Waals surface area contributed by atoms with E-state index in [1.165, 1.54) is 36.4 Å². The van der Waals surface area contributed by atoms with Crippen molar-refractivity contribution in [2.24, 2.45) is 0 Å². The van der Waals surface area contributed by atoms with E-state index in [9.17, 15) is 23.3 Å². The second kappa shape index (κ2) is 9.23. The lowest BCUT2D eigenvalue weighted by Crippen LogP contribution is -2.37. The van der Waals surface area contributed by atoms with Gasteiger partial charge in [-0.2, -0.15) is 4.31 Å². The SMILES string of the molecule is CCc1ccc(S(=O)(=O)N(C(=O)c2ccc([N+](=O)[O-])cc2)c2ccc3oc4c(c3c2)CCCC4)cc1. The van der Waals surface area contributed by atoms with E-state index in [-0.39, 0.29) is 21.8 Å². The van der Waals surface area contributed by atoms with Gasteiger partial charge in [0.15, 0.2) is 0 Å². The number of sulfonamides is 1. The second-order valence-corrected chi connectivity index (χ2v) is 10.6. The molecule has 3 aromatic carbocycles. The van der Waals surface area contributed by atoms with Crippen molar-refractivity contribution in [1.82, 2.24) is 0 Å². The van der Waals surface area contributed by atoms with Crippen LogP contribution in [0.2, 0.25) is 0 Å². The van der Waals surface area contributed by atoms with Crippen LogP contribution in [0.5, 0.6) is 0 Å². The molecule has 0 aliphatic heterocycles. The molecule has 9 heteroatoms. The Morgan fingerprint density at radius 1 is 1.00 bits per heavy atom. The highest BCUT2D eigenvalue weighted by atomic mass is 32.2. The summed E-state index contributed by atoms with van der Waals surface area (Å²) in [7, 11) is -4.31. The molecule has 0 radical (unpaired) electrons. The van der Waals surface area contributed by atoms with Gasteiger partial charge in [-0.15, -0.1) is 0 Å². The van der Waals surface area contributed by atoms with E-state index in [1.807, 2.05) is 6.92 Å². The first-order valence-corrected chi connectivity index (χ1v) is 13.2. The molecule has 36 heavy (non-hydrogen) atoms. The van der Waals surface area contributed by atoms with Crippen LogP contribution < -0.4 is 4.31 Å². The third kappa shape index (κ3) is 4.15. The summed E-state index contributed by atoms with van der Waals surface area (Å²) in [6, 6.07) is 16.2. The van der Waals surface area contributed by atoms with Crippen LogP contribution in [0.3, 0.4) is 0 Å². The minimum atomic E-state index is -4.31. The van der Waals surface area contributed by atoms with Gasteiger partial charge in [-0.25, -0.2) is 8.42 Å². The molecule has 5 rings (SSSR count). The number of nitro groups is 1. The zero-order valence-corrected chi connectivity index (χ0v) is 20.5. The maximum Gasteiger partial charge on any atom is 0.272 e. The Balaban J connectivity index is 1.66. The number of rotatable bonds is 6. The standard InChI is InChI=1S/C27H24N2O6S/c1-2-18-7-14-22(15-8-18)36(33,34)28(27(30)19-9-11-20(12-10-19)29(31)32)21-13-16-26-24(17-21)23-5-3-4-6-25(23)35-26/h7-17H,2-6H2,1H3. The summed E-state index contributed by atoms with van der Waals surface area (Å²) in [6.45, 7) is 1.97. The minimum absolute atomic E-state index is 0.0173. The monoisotopic (exact) mass is 504 g/mol. The van der Waals surface area contributed by atoms with Gasteiger partial charge in [0.05, 0.1) is 15.5 Å². The molecule has 0 saturated heterocycles. The average Bonchev–Trinajstić information content (AvgIpc) is 3.27. The van der Waals surface area contributed by atoms with Crippen LogP contribution in [0.15, 0.2) is 76.0 Å². The van der Waals surface area contributed by atoms with E-state index in [4.69, 9.17) is 4.42 Å². The number of anilines is 1. The quantitative estimate of drug-likeness (QED) is 0.242. The topological polar surface area (TPSA) is 111 Å². The van der Waals surface area contributed by atoms with E-state index in [0.717, 1.165) is 58.7 Å². The average molecular weight is 505 g/mol. The van der Waals surface area contributed by atoms with Crippen LogP contribution in [0, 0.1) is 10.1 Å². The Morgan fingerprint density at radius 3 is 2.36 bits per heavy atom. The molecule has 1 aliphatic rings. The van der Waals surface area contributed by atoms with Gasteiger partial charge in [0.25, 0.3) is 21.6 Å². The van der Waals surface area contributed by atoms with Gasteiger partial charge in [0.2, 0.25) is 0 Å². The normalized spacial score (nSPS) is 13.4. The Kier molecular flexibility index (Phi) is 6.09. The van der Waals surface area contributed by atoms with Crippen LogP contribution in [-0.4, -0.2) is 19.2 Å². The van der Waals surface area contributed by atoms with E-state index < -0.39 is 20.9 Å². The molecule has 0 unspecified atom stereocenters. The predicted octanol–water partition coefficient (Wildman–Crippen LogP) is 5.82. The van der Waals surface area contributed by atoms with Crippen LogP contribution in [-0.2, 0) is 29.3 Å².